The predicted octanol–water partition coefficient (Wildman–Crippen LogP) is 3.25. The van der Waals surface area contributed by atoms with E-state index in [0.29, 0.717) is 5.75 Å². The fourth-order valence-corrected chi connectivity index (χ4v) is 2.74. The summed E-state index contributed by atoms with van der Waals surface area (Å²) in [6.07, 6.45) is 3.70. The second-order valence-electron chi connectivity index (χ2n) is 5.40. The number of benzene rings is 1. The SMILES string of the molecule is C[C@H](CN1CCCCC1)OC(=O)COc1ccc(Br)cc1. The van der Waals surface area contributed by atoms with Gasteiger partial charge < -0.3 is 9.47 Å². The van der Waals surface area contributed by atoms with Crippen LogP contribution in [0.5, 0.6) is 5.75 Å². The number of halogens is 1. The van der Waals surface area contributed by atoms with Gasteiger partial charge in [-0.2, -0.15) is 0 Å². The maximum Gasteiger partial charge on any atom is 0.344 e. The number of likely N-dealkylation sites (tertiary alicyclic amines) is 1. The van der Waals surface area contributed by atoms with Gasteiger partial charge in [-0.25, -0.2) is 4.79 Å². The van der Waals surface area contributed by atoms with Crippen molar-refractivity contribution in [2.75, 3.05) is 26.2 Å². The van der Waals surface area contributed by atoms with Crippen LogP contribution in [-0.4, -0.2) is 43.2 Å². The second kappa shape index (κ2) is 8.39. The fraction of sp³-hybridized carbons (Fsp3) is 0.562. The van der Waals surface area contributed by atoms with Gasteiger partial charge in [-0.15, -0.1) is 0 Å². The standard InChI is InChI=1S/C16H22BrNO3/c1-13(11-18-9-3-2-4-10-18)21-16(19)12-20-15-7-5-14(17)6-8-15/h5-8,13H,2-4,9-12H2,1H3/t13-/m1/s1. The van der Waals surface area contributed by atoms with Gasteiger partial charge in [-0.05, 0) is 57.1 Å². The Balaban J connectivity index is 1.67. The van der Waals surface area contributed by atoms with Crippen LogP contribution in [0, 0.1) is 0 Å². The molecule has 4 nitrogen and oxygen atoms in total. The minimum atomic E-state index is -0.317. The minimum Gasteiger partial charge on any atom is -0.482 e. The molecule has 1 heterocycles. The number of hydrogen-bond donors (Lipinski definition) is 0. The van der Waals surface area contributed by atoms with Crippen molar-refractivity contribution >= 4 is 21.9 Å². The smallest absolute Gasteiger partial charge is 0.344 e. The Morgan fingerprint density at radius 2 is 1.90 bits per heavy atom. The quantitative estimate of drug-likeness (QED) is 0.734. The van der Waals surface area contributed by atoms with Gasteiger partial charge in [0.05, 0.1) is 0 Å². The van der Waals surface area contributed by atoms with Crippen LogP contribution in [0.25, 0.3) is 0 Å². The van der Waals surface area contributed by atoms with E-state index in [4.69, 9.17) is 9.47 Å². The van der Waals surface area contributed by atoms with E-state index in [9.17, 15) is 4.79 Å². The lowest BCUT2D eigenvalue weighted by molar-refractivity contribution is -0.151. The molecule has 2 rings (SSSR count). The van der Waals surface area contributed by atoms with Crippen molar-refractivity contribution in [2.45, 2.75) is 32.3 Å². The number of esters is 1. The number of carbonyl (C=O) groups excluding carboxylic acids is 1. The molecule has 0 N–H and O–H groups in total. The highest BCUT2D eigenvalue weighted by molar-refractivity contribution is 9.10. The Bertz CT molecular complexity index is 443. The summed E-state index contributed by atoms with van der Waals surface area (Å²) in [4.78, 5) is 14.1. The zero-order chi connectivity index (χ0) is 15.1. The largest absolute Gasteiger partial charge is 0.482 e. The first-order valence-corrected chi connectivity index (χ1v) is 8.23. The Morgan fingerprint density at radius 1 is 1.24 bits per heavy atom. The van der Waals surface area contributed by atoms with Gasteiger partial charge in [0.1, 0.15) is 11.9 Å². The van der Waals surface area contributed by atoms with Crippen LogP contribution in [0.2, 0.25) is 0 Å². The van der Waals surface area contributed by atoms with Crippen molar-refractivity contribution in [3.8, 4) is 5.75 Å². The first-order chi connectivity index (χ1) is 10.1. The number of hydrogen-bond acceptors (Lipinski definition) is 4. The summed E-state index contributed by atoms with van der Waals surface area (Å²) in [5.41, 5.74) is 0. The Hall–Kier alpha value is -1.07. The number of ether oxygens (including phenoxy) is 2. The van der Waals surface area contributed by atoms with E-state index < -0.39 is 0 Å². The molecule has 21 heavy (non-hydrogen) atoms. The predicted molar refractivity (Wildman–Crippen MR) is 85.5 cm³/mol. The number of rotatable bonds is 6. The van der Waals surface area contributed by atoms with Crippen molar-refractivity contribution in [1.82, 2.24) is 4.90 Å². The zero-order valence-electron chi connectivity index (χ0n) is 12.4. The third-order valence-corrected chi connectivity index (χ3v) is 4.00. The molecule has 1 aromatic carbocycles. The van der Waals surface area contributed by atoms with Gasteiger partial charge in [0.15, 0.2) is 6.61 Å². The summed E-state index contributed by atoms with van der Waals surface area (Å²) in [5, 5.41) is 0. The highest BCUT2D eigenvalue weighted by atomic mass is 79.9. The Kier molecular flexibility index (Phi) is 6.51. The molecule has 1 fully saturated rings. The van der Waals surface area contributed by atoms with Crippen LogP contribution in [0.1, 0.15) is 26.2 Å². The highest BCUT2D eigenvalue weighted by Gasteiger charge is 2.16. The van der Waals surface area contributed by atoms with Crippen LogP contribution in [0.4, 0.5) is 0 Å². The lowest BCUT2D eigenvalue weighted by Gasteiger charge is -2.28. The second-order valence-corrected chi connectivity index (χ2v) is 6.32. The van der Waals surface area contributed by atoms with Gasteiger partial charge in [0.2, 0.25) is 0 Å². The molecule has 1 atom stereocenters. The van der Waals surface area contributed by atoms with Gasteiger partial charge in [-0.3, -0.25) is 4.90 Å². The maximum absolute atomic E-state index is 11.8. The van der Waals surface area contributed by atoms with Crippen molar-refractivity contribution in [3.63, 3.8) is 0 Å². The van der Waals surface area contributed by atoms with Crippen molar-refractivity contribution in [1.29, 1.82) is 0 Å². The first-order valence-electron chi connectivity index (χ1n) is 7.43. The summed E-state index contributed by atoms with van der Waals surface area (Å²) in [5.74, 6) is 0.348. The van der Waals surface area contributed by atoms with Crippen LogP contribution in [0.15, 0.2) is 28.7 Å². The molecule has 0 unspecified atom stereocenters. The molecule has 0 saturated carbocycles. The number of carbonyl (C=O) groups is 1. The van der Waals surface area contributed by atoms with E-state index >= 15 is 0 Å². The number of piperidine rings is 1. The number of nitrogens with zero attached hydrogens (tertiary/aromatic N) is 1. The molecule has 0 amide bonds. The van der Waals surface area contributed by atoms with E-state index in [2.05, 4.69) is 20.8 Å². The summed E-state index contributed by atoms with van der Waals surface area (Å²) >= 11 is 3.35. The third-order valence-electron chi connectivity index (χ3n) is 3.47. The zero-order valence-corrected chi connectivity index (χ0v) is 14.0. The average molecular weight is 356 g/mol. The van der Waals surface area contributed by atoms with E-state index in [1.807, 2.05) is 31.2 Å². The van der Waals surface area contributed by atoms with E-state index in [1.54, 1.807) is 0 Å². The fourth-order valence-electron chi connectivity index (χ4n) is 2.47. The van der Waals surface area contributed by atoms with Crippen LogP contribution in [0.3, 0.4) is 0 Å². The van der Waals surface area contributed by atoms with Crippen molar-refractivity contribution in [2.24, 2.45) is 0 Å². The normalized spacial score (nSPS) is 17.2. The van der Waals surface area contributed by atoms with Crippen molar-refractivity contribution in [3.05, 3.63) is 28.7 Å². The van der Waals surface area contributed by atoms with E-state index in [1.165, 1.54) is 19.3 Å². The van der Waals surface area contributed by atoms with Crippen molar-refractivity contribution < 1.29 is 14.3 Å². The van der Waals surface area contributed by atoms with Gasteiger partial charge in [-0.1, -0.05) is 22.4 Å². The van der Waals surface area contributed by atoms with E-state index in [-0.39, 0.29) is 18.7 Å². The lowest BCUT2D eigenvalue weighted by Crippen LogP contribution is -2.37. The van der Waals surface area contributed by atoms with Gasteiger partial charge in [0.25, 0.3) is 0 Å². The summed E-state index contributed by atoms with van der Waals surface area (Å²) in [6, 6.07) is 7.38. The Labute approximate surface area is 134 Å². The molecule has 1 aromatic rings. The molecule has 0 aliphatic carbocycles. The van der Waals surface area contributed by atoms with Crippen LogP contribution >= 0.6 is 15.9 Å². The average Bonchev–Trinajstić information content (AvgIpc) is 2.47. The van der Waals surface area contributed by atoms with E-state index in [0.717, 1.165) is 24.1 Å². The molecule has 5 heteroatoms. The van der Waals surface area contributed by atoms with Crippen LogP contribution in [-0.2, 0) is 9.53 Å². The molecule has 1 aliphatic heterocycles. The monoisotopic (exact) mass is 355 g/mol. The van der Waals surface area contributed by atoms with Crippen LogP contribution < -0.4 is 4.74 Å². The topological polar surface area (TPSA) is 38.8 Å². The summed E-state index contributed by atoms with van der Waals surface area (Å²) < 4.78 is 11.8. The highest BCUT2D eigenvalue weighted by Crippen LogP contribution is 2.16. The third kappa shape index (κ3) is 6.06. The maximum atomic E-state index is 11.8. The van der Waals surface area contributed by atoms with Gasteiger partial charge >= 0.3 is 5.97 Å². The van der Waals surface area contributed by atoms with Gasteiger partial charge in [0, 0.05) is 11.0 Å². The Morgan fingerprint density at radius 3 is 2.57 bits per heavy atom. The molecule has 0 bridgehead atoms. The molecular weight excluding hydrogens is 334 g/mol. The molecule has 0 aromatic heterocycles. The molecule has 1 aliphatic rings. The first kappa shape index (κ1) is 16.3. The molecule has 116 valence electrons. The minimum absolute atomic E-state index is 0.0496. The summed E-state index contributed by atoms with van der Waals surface area (Å²) in [6.45, 7) is 4.91. The molecule has 0 spiro atoms. The summed E-state index contributed by atoms with van der Waals surface area (Å²) in [7, 11) is 0. The lowest BCUT2D eigenvalue weighted by atomic mass is 10.1. The molecule has 1 saturated heterocycles. The molecule has 0 radical (unpaired) electrons. The molecular formula is C16H22BrNO3.